The van der Waals surface area contributed by atoms with Gasteiger partial charge in [0.15, 0.2) is 0 Å². The van der Waals surface area contributed by atoms with Crippen molar-refractivity contribution in [3.05, 3.63) is 30.3 Å². The first-order chi connectivity index (χ1) is 11.0. The number of nitrogens with zero attached hydrogens (tertiary/aromatic N) is 1. The van der Waals surface area contributed by atoms with E-state index >= 15 is 0 Å². The summed E-state index contributed by atoms with van der Waals surface area (Å²) in [6.07, 6.45) is 0.659. The number of carbonyl (C=O) groups excluding carboxylic acids is 1. The molecule has 0 bridgehead atoms. The van der Waals surface area contributed by atoms with Crippen molar-refractivity contribution in [1.82, 2.24) is 4.90 Å². The van der Waals surface area contributed by atoms with E-state index in [9.17, 15) is 14.7 Å². The maximum atomic E-state index is 12.5. The molecule has 126 valence electrons. The van der Waals surface area contributed by atoms with Crippen molar-refractivity contribution in [3.63, 3.8) is 0 Å². The summed E-state index contributed by atoms with van der Waals surface area (Å²) >= 11 is 0. The Kier molecular flexibility index (Phi) is 5.98. The zero-order valence-corrected chi connectivity index (χ0v) is 13.5. The molecule has 0 aliphatic carbocycles. The molecule has 6 heteroatoms. The maximum absolute atomic E-state index is 12.5. The quantitative estimate of drug-likeness (QED) is 0.828. The Hall–Kier alpha value is -2.08. The van der Waals surface area contributed by atoms with Gasteiger partial charge in [0.1, 0.15) is 11.8 Å². The molecule has 1 aliphatic rings. The molecule has 23 heavy (non-hydrogen) atoms. The predicted octanol–water partition coefficient (Wildman–Crippen LogP) is 1.79. The summed E-state index contributed by atoms with van der Waals surface area (Å²) in [5, 5.41) is 9.28. The highest BCUT2D eigenvalue weighted by atomic mass is 16.5. The third-order valence-corrected chi connectivity index (χ3v) is 4.15. The first-order valence-corrected chi connectivity index (χ1v) is 7.77. The number of carboxylic acids is 1. The molecule has 1 aromatic carbocycles. The first kappa shape index (κ1) is 17.3. The first-order valence-electron chi connectivity index (χ1n) is 7.77. The summed E-state index contributed by atoms with van der Waals surface area (Å²) < 4.78 is 10.8. The van der Waals surface area contributed by atoms with E-state index in [1.165, 1.54) is 12.0 Å². The van der Waals surface area contributed by atoms with Crippen LogP contribution in [0.3, 0.4) is 0 Å². The molecule has 0 spiro atoms. The zero-order valence-electron chi connectivity index (χ0n) is 13.5. The number of para-hydroxylation sites is 1. The van der Waals surface area contributed by atoms with Crippen LogP contribution in [0.2, 0.25) is 0 Å². The predicted molar refractivity (Wildman–Crippen MR) is 84.3 cm³/mol. The largest absolute Gasteiger partial charge is 0.494 e. The number of likely N-dealkylation sites (tertiary alicyclic amines) is 1. The van der Waals surface area contributed by atoms with Gasteiger partial charge in [-0.05, 0) is 18.6 Å². The van der Waals surface area contributed by atoms with Gasteiger partial charge in [-0.25, -0.2) is 4.79 Å². The van der Waals surface area contributed by atoms with Crippen LogP contribution in [0.25, 0.3) is 0 Å². The molecule has 1 fully saturated rings. The summed E-state index contributed by atoms with van der Waals surface area (Å²) in [6, 6.07) is 8.59. The van der Waals surface area contributed by atoms with E-state index in [1.54, 1.807) is 6.92 Å². The molecule has 1 saturated heterocycles. The van der Waals surface area contributed by atoms with E-state index in [-0.39, 0.29) is 17.9 Å². The van der Waals surface area contributed by atoms with Gasteiger partial charge in [-0.3, -0.25) is 4.79 Å². The summed E-state index contributed by atoms with van der Waals surface area (Å²) in [5.41, 5.74) is 0. The number of carbonyl (C=O) groups is 2. The van der Waals surface area contributed by atoms with Crippen LogP contribution in [0.15, 0.2) is 30.3 Å². The van der Waals surface area contributed by atoms with Crippen LogP contribution in [0.4, 0.5) is 0 Å². The lowest BCUT2D eigenvalue weighted by atomic mass is 10.1. The number of methoxy groups -OCH3 is 1. The Morgan fingerprint density at radius 2 is 2.04 bits per heavy atom. The van der Waals surface area contributed by atoms with Crippen molar-refractivity contribution in [2.75, 3.05) is 20.3 Å². The van der Waals surface area contributed by atoms with E-state index in [0.29, 0.717) is 26.0 Å². The fourth-order valence-electron chi connectivity index (χ4n) is 2.72. The van der Waals surface area contributed by atoms with Crippen LogP contribution >= 0.6 is 0 Å². The monoisotopic (exact) mass is 321 g/mol. The van der Waals surface area contributed by atoms with Gasteiger partial charge in [-0.15, -0.1) is 0 Å². The molecular formula is C17H23NO5. The molecule has 3 unspecified atom stereocenters. The van der Waals surface area contributed by atoms with Crippen LogP contribution in [-0.2, 0) is 14.3 Å². The number of ether oxygens (including phenoxy) is 2. The van der Waals surface area contributed by atoms with E-state index in [0.717, 1.165) is 5.75 Å². The fraction of sp³-hybridized carbons (Fsp3) is 0.529. The summed E-state index contributed by atoms with van der Waals surface area (Å²) in [5.74, 6) is -0.674. The molecule has 1 amide bonds. The Morgan fingerprint density at radius 1 is 1.35 bits per heavy atom. The minimum Gasteiger partial charge on any atom is -0.494 e. The Bertz CT molecular complexity index is 533. The fourth-order valence-corrected chi connectivity index (χ4v) is 2.72. The summed E-state index contributed by atoms with van der Waals surface area (Å²) in [6.45, 7) is 2.54. The standard InChI is InChI=1S/C17H23NO5/c1-12(8-9-23-13-6-4-3-5-7-13)16(19)18-11-14(22-2)10-15(18)17(20)21/h3-7,12,14-15H,8-11H2,1-2H3,(H,20,21). The Labute approximate surface area is 136 Å². The van der Waals surface area contributed by atoms with Gasteiger partial charge in [-0.1, -0.05) is 25.1 Å². The summed E-state index contributed by atoms with van der Waals surface area (Å²) in [4.78, 5) is 25.3. The maximum Gasteiger partial charge on any atom is 0.326 e. The number of rotatable bonds is 7. The number of benzene rings is 1. The number of amides is 1. The second-order valence-electron chi connectivity index (χ2n) is 5.79. The lowest BCUT2D eigenvalue weighted by Crippen LogP contribution is -2.43. The zero-order chi connectivity index (χ0) is 16.8. The average molecular weight is 321 g/mol. The lowest BCUT2D eigenvalue weighted by Gasteiger charge is -2.24. The molecule has 3 atom stereocenters. The van der Waals surface area contributed by atoms with Gasteiger partial charge in [-0.2, -0.15) is 0 Å². The Morgan fingerprint density at radius 3 is 2.65 bits per heavy atom. The number of carboxylic acid groups (broad SMARTS) is 1. The van der Waals surface area contributed by atoms with E-state index in [2.05, 4.69) is 0 Å². The minimum atomic E-state index is -0.981. The molecule has 0 aromatic heterocycles. The van der Waals surface area contributed by atoms with Crippen molar-refractivity contribution in [2.24, 2.45) is 5.92 Å². The van der Waals surface area contributed by atoms with Crippen LogP contribution in [-0.4, -0.2) is 54.3 Å². The van der Waals surface area contributed by atoms with Crippen LogP contribution in [0, 0.1) is 5.92 Å². The Balaban J connectivity index is 1.87. The summed E-state index contributed by atoms with van der Waals surface area (Å²) in [7, 11) is 1.54. The lowest BCUT2D eigenvalue weighted by molar-refractivity contribution is -0.149. The van der Waals surface area contributed by atoms with Crippen molar-refractivity contribution in [2.45, 2.75) is 31.9 Å². The van der Waals surface area contributed by atoms with Gasteiger partial charge in [0, 0.05) is 26.0 Å². The van der Waals surface area contributed by atoms with Crippen molar-refractivity contribution >= 4 is 11.9 Å². The second kappa shape index (κ2) is 7.97. The minimum absolute atomic E-state index is 0.159. The molecule has 1 aliphatic heterocycles. The highest BCUT2D eigenvalue weighted by molar-refractivity contribution is 5.85. The van der Waals surface area contributed by atoms with Crippen molar-refractivity contribution in [1.29, 1.82) is 0 Å². The van der Waals surface area contributed by atoms with Crippen molar-refractivity contribution < 1.29 is 24.2 Å². The third kappa shape index (κ3) is 4.45. The van der Waals surface area contributed by atoms with Crippen molar-refractivity contribution in [3.8, 4) is 5.75 Å². The normalized spacial score (nSPS) is 21.9. The smallest absolute Gasteiger partial charge is 0.326 e. The van der Waals surface area contributed by atoms with E-state index in [1.807, 2.05) is 30.3 Å². The molecule has 6 nitrogen and oxygen atoms in total. The van der Waals surface area contributed by atoms with Crippen LogP contribution in [0.5, 0.6) is 5.75 Å². The SMILES string of the molecule is COC1CC(C(=O)O)N(C(=O)C(C)CCOc2ccccc2)C1. The molecule has 1 N–H and O–H groups in total. The van der Waals surface area contributed by atoms with Gasteiger partial charge >= 0.3 is 5.97 Å². The third-order valence-electron chi connectivity index (χ3n) is 4.15. The van der Waals surface area contributed by atoms with Gasteiger partial charge < -0.3 is 19.5 Å². The van der Waals surface area contributed by atoms with E-state index in [4.69, 9.17) is 9.47 Å². The molecule has 2 rings (SSSR count). The number of aliphatic carboxylic acids is 1. The molecule has 0 saturated carbocycles. The van der Waals surface area contributed by atoms with Crippen LogP contribution in [0.1, 0.15) is 19.8 Å². The topological polar surface area (TPSA) is 76.1 Å². The van der Waals surface area contributed by atoms with Gasteiger partial charge in [0.2, 0.25) is 5.91 Å². The number of hydrogen-bond acceptors (Lipinski definition) is 4. The van der Waals surface area contributed by atoms with E-state index < -0.39 is 12.0 Å². The molecular weight excluding hydrogens is 298 g/mol. The highest BCUT2D eigenvalue weighted by Gasteiger charge is 2.40. The number of hydrogen-bond donors (Lipinski definition) is 1. The molecule has 1 heterocycles. The second-order valence-corrected chi connectivity index (χ2v) is 5.79. The van der Waals surface area contributed by atoms with Gasteiger partial charge in [0.05, 0.1) is 12.7 Å². The highest BCUT2D eigenvalue weighted by Crippen LogP contribution is 2.23. The van der Waals surface area contributed by atoms with Crippen LogP contribution < -0.4 is 4.74 Å². The molecule has 0 radical (unpaired) electrons. The average Bonchev–Trinajstić information content (AvgIpc) is 2.99. The van der Waals surface area contributed by atoms with Gasteiger partial charge in [0.25, 0.3) is 0 Å². The molecule has 1 aromatic rings.